The third-order valence-corrected chi connectivity index (χ3v) is 3.74. The van der Waals surface area contributed by atoms with Gasteiger partial charge in [-0.3, -0.25) is 0 Å². The van der Waals surface area contributed by atoms with Crippen molar-refractivity contribution in [2.45, 2.75) is 64.2 Å². The minimum absolute atomic E-state index is 0.502. The second-order valence-electron chi connectivity index (χ2n) is 4.97. The summed E-state index contributed by atoms with van der Waals surface area (Å²) in [5.74, 6) is 0.880. The second kappa shape index (κ2) is 4.63. The van der Waals surface area contributed by atoms with Crippen LogP contribution in [-0.2, 0) is 4.74 Å². The maximum Gasteiger partial charge on any atom is 0.0732 e. The fourth-order valence-electron chi connectivity index (χ4n) is 2.76. The first kappa shape index (κ1) is 10.4. The Labute approximate surface area is 87.4 Å². The van der Waals surface area contributed by atoms with Crippen LogP contribution in [0, 0.1) is 5.92 Å². The summed E-state index contributed by atoms with van der Waals surface area (Å²) in [6, 6.07) is 0.635. The van der Waals surface area contributed by atoms with Crippen molar-refractivity contribution < 1.29 is 4.74 Å². The van der Waals surface area contributed by atoms with Crippen LogP contribution in [0.25, 0.3) is 0 Å². The number of ether oxygens (including phenoxy) is 1. The van der Waals surface area contributed by atoms with E-state index < -0.39 is 0 Å². The van der Waals surface area contributed by atoms with Crippen LogP contribution in [0.15, 0.2) is 0 Å². The van der Waals surface area contributed by atoms with Gasteiger partial charge in [-0.25, -0.2) is 0 Å². The molecule has 0 unspecified atom stereocenters. The highest BCUT2D eigenvalue weighted by molar-refractivity contribution is 4.87. The molecular formula is C12H23NO. The van der Waals surface area contributed by atoms with E-state index in [0.29, 0.717) is 18.2 Å². The largest absolute Gasteiger partial charge is 0.373 e. The maximum absolute atomic E-state index is 6.04. The summed E-state index contributed by atoms with van der Waals surface area (Å²) in [6.07, 6.45) is 7.40. The van der Waals surface area contributed by atoms with Gasteiger partial charge >= 0.3 is 0 Å². The highest BCUT2D eigenvalue weighted by Gasteiger charge is 2.32. The lowest BCUT2D eigenvalue weighted by molar-refractivity contribution is 0.0114. The number of nitrogens with one attached hydrogen (secondary N) is 1. The van der Waals surface area contributed by atoms with Gasteiger partial charge in [0.1, 0.15) is 0 Å². The predicted molar refractivity (Wildman–Crippen MR) is 58.4 cm³/mol. The number of rotatable bonds is 2. The molecule has 0 aromatic heterocycles. The van der Waals surface area contributed by atoms with E-state index in [0.717, 1.165) is 5.92 Å². The summed E-state index contributed by atoms with van der Waals surface area (Å²) >= 11 is 0. The molecule has 0 saturated carbocycles. The van der Waals surface area contributed by atoms with E-state index in [1.165, 1.54) is 38.6 Å². The summed E-state index contributed by atoms with van der Waals surface area (Å²) in [7, 11) is 0. The summed E-state index contributed by atoms with van der Waals surface area (Å²) in [5, 5.41) is 3.61. The Morgan fingerprint density at radius 1 is 1.29 bits per heavy atom. The van der Waals surface area contributed by atoms with Crippen LogP contribution < -0.4 is 5.32 Å². The normalized spacial score (nSPS) is 44.1. The van der Waals surface area contributed by atoms with Gasteiger partial charge in [0.2, 0.25) is 0 Å². The van der Waals surface area contributed by atoms with Crippen molar-refractivity contribution in [1.82, 2.24) is 5.32 Å². The lowest BCUT2D eigenvalue weighted by atomic mass is 9.90. The molecule has 0 aromatic carbocycles. The molecule has 0 amide bonds. The van der Waals surface area contributed by atoms with E-state index in [1.807, 2.05) is 0 Å². The van der Waals surface area contributed by atoms with Crippen LogP contribution in [0.2, 0.25) is 0 Å². The Balaban J connectivity index is 1.83. The molecule has 0 aromatic rings. The van der Waals surface area contributed by atoms with Gasteiger partial charge in [-0.15, -0.1) is 0 Å². The van der Waals surface area contributed by atoms with Gasteiger partial charge in [0.05, 0.1) is 12.2 Å². The molecule has 0 bridgehead atoms. The first-order valence-corrected chi connectivity index (χ1v) is 6.18. The van der Waals surface area contributed by atoms with Gasteiger partial charge in [0, 0.05) is 6.04 Å². The summed E-state index contributed by atoms with van der Waals surface area (Å²) in [6.45, 7) is 5.77. The number of hydrogen-bond donors (Lipinski definition) is 1. The van der Waals surface area contributed by atoms with Crippen LogP contribution >= 0.6 is 0 Å². The zero-order chi connectivity index (χ0) is 9.97. The molecule has 2 nitrogen and oxygen atoms in total. The van der Waals surface area contributed by atoms with E-state index in [1.54, 1.807) is 0 Å². The molecule has 0 aliphatic carbocycles. The van der Waals surface area contributed by atoms with Gasteiger partial charge in [-0.05, 0) is 44.6 Å². The molecule has 0 spiro atoms. The fourth-order valence-corrected chi connectivity index (χ4v) is 2.76. The SMILES string of the molecule is CC[C@@H]1CC[C@@H]([C@@H]2C[C@H](C)CCN2)O1. The van der Waals surface area contributed by atoms with E-state index in [9.17, 15) is 0 Å². The molecule has 2 heterocycles. The Bertz CT molecular complexity index is 183. The standard InChI is InChI=1S/C12H23NO/c1-3-10-4-5-12(14-10)11-8-9(2)6-7-13-11/h9-13H,3-8H2,1-2H3/t9-,10-,11+,12+/m1/s1. The molecule has 2 rings (SSSR count). The molecule has 2 saturated heterocycles. The lowest BCUT2D eigenvalue weighted by Gasteiger charge is -2.32. The average Bonchev–Trinajstić information content (AvgIpc) is 2.66. The minimum atomic E-state index is 0.502. The Kier molecular flexibility index (Phi) is 3.45. The third-order valence-electron chi connectivity index (χ3n) is 3.74. The van der Waals surface area contributed by atoms with Crippen molar-refractivity contribution in [3.05, 3.63) is 0 Å². The van der Waals surface area contributed by atoms with Gasteiger partial charge in [0.25, 0.3) is 0 Å². The Morgan fingerprint density at radius 2 is 2.14 bits per heavy atom. The average molecular weight is 197 g/mol. The van der Waals surface area contributed by atoms with Gasteiger partial charge in [0.15, 0.2) is 0 Å². The maximum atomic E-state index is 6.04. The number of piperidine rings is 1. The van der Waals surface area contributed by atoms with E-state index >= 15 is 0 Å². The quantitative estimate of drug-likeness (QED) is 0.733. The minimum Gasteiger partial charge on any atom is -0.373 e. The lowest BCUT2D eigenvalue weighted by Crippen LogP contribution is -2.45. The van der Waals surface area contributed by atoms with Crippen molar-refractivity contribution in [3.63, 3.8) is 0 Å². The topological polar surface area (TPSA) is 21.3 Å². The summed E-state index contributed by atoms with van der Waals surface area (Å²) < 4.78 is 6.04. The molecule has 2 heteroatoms. The van der Waals surface area contributed by atoms with Crippen molar-refractivity contribution in [2.24, 2.45) is 5.92 Å². The molecule has 14 heavy (non-hydrogen) atoms. The van der Waals surface area contributed by atoms with E-state index in [4.69, 9.17) is 4.74 Å². The molecule has 82 valence electrons. The smallest absolute Gasteiger partial charge is 0.0732 e. The Morgan fingerprint density at radius 3 is 2.79 bits per heavy atom. The molecule has 4 atom stereocenters. The van der Waals surface area contributed by atoms with Gasteiger partial charge in [-0.1, -0.05) is 13.8 Å². The van der Waals surface area contributed by atoms with Crippen LogP contribution in [0.3, 0.4) is 0 Å². The molecule has 2 fully saturated rings. The van der Waals surface area contributed by atoms with Crippen molar-refractivity contribution in [1.29, 1.82) is 0 Å². The van der Waals surface area contributed by atoms with E-state index in [2.05, 4.69) is 19.2 Å². The molecular weight excluding hydrogens is 174 g/mol. The second-order valence-corrected chi connectivity index (χ2v) is 4.97. The zero-order valence-electron chi connectivity index (χ0n) is 9.46. The predicted octanol–water partition coefficient (Wildman–Crippen LogP) is 2.33. The van der Waals surface area contributed by atoms with E-state index in [-0.39, 0.29) is 0 Å². The van der Waals surface area contributed by atoms with Gasteiger partial charge in [-0.2, -0.15) is 0 Å². The first-order chi connectivity index (χ1) is 6.79. The van der Waals surface area contributed by atoms with Crippen LogP contribution in [0.5, 0.6) is 0 Å². The Hall–Kier alpha value is -0.0800. The molecule has 2 aliphatic heterocycles. The first-order valence-electron chi connectivity index (χ1n) is 6.18. The molecule has 2 aliphatic rings. The highest BCUT2D eigenvalue weighted by Crippen LogP contribution is 2.28. The number of hydrogen-bond acceptors (Lipinski definition) is 2. The van der Waals surface area contributed by atoms with Crippen LogP contribution in [-0.4, -0.2) is 24.8 Å². The third kappa shape index (κ3) is 2.29. The monoisotopic (exact) mass is 197 g/mol. The molecule has 0 radical (unpaired) electrons. The van der Waals surface area contributed by atoms with Crippen LogP contribution in [0.1, 0.15) is 46.0 Å². The summed E-state index contributed by atoms with van der Waals surface area (Å²) in [4.78, 5) is 0. The van der Waals surface area contributed by atoms with Crippen molar-refractivity contribution >= 4 is 0 Å². The van der Waals surface area contributed by atoms with Crippen molar-refractivity contribution in [3.8, 4) is 0 Å². The molecule has 1 N–H and O–H groups in total. The highest BCUT2D eigenvalue weighted by atomic mass is 16.5. The van der Waals surface area contributed by atoms with Crippen molar-refractivity contribution in [2.75, 3.05) is 6.54 Å². The zero-order valence-corrected chi connectivity index (χ0v) is 9.46. The van der Waals surface area contributed by atoms with Crippen LogP contribution in [0.4, 0.5) is 0 Å². The van der Waals surface area contributed by atoms with Gasteiger partial charge < -0.3 is 10.1 Å². The fraction of sp³-hybridized carbons (Fsp3) is 1.00. The summed E-state index contributed by atoms with van der Waals surface area (Å²) in [5.41, 5.74) is 0.